The smallest absolute Gasteiger partial charge is 0.246 e. The van der Waals surface area contributed by atoms with Gasteiger partial charge in [0, 0.05) is 25.8 Å². The molecule has 0 aromatic carbocycles. The molecule has 1 atom stereocenters. The summed E-state index contributed by atoms with van der Waals surface area (Å²) in [5.74, 6) is 0.581. The number of hydrogen-bond donors (Lipinski definition) is 1. The molecule has 120 valence electrons. The van der Waals surface area contributed by atoms with Crippen molar-refractivity contribution in [2.45, 2.75) is 50.7 Å². The van der Waals surface area contributed by atoms with Crippen LogP contribution in [0.1, 0.15) is 37.7 Å². The van der Waals surface area contributed by atoms with Crippen molar-refractivity contribution in [1.29, 1.82) is 0 Å². The van der Waals surface area contributed by atoms with Crippen molar-refractivity contribution in [2.75, 3.05) is 19.7 Å². The van der Waals surface area contributed by atoms with Crippen molar-refractivity contribution in [3.8, 4) is 0 Å². The molecule has 1 aromatic rings. The molecule has 21 heavy (non-hydrogen) atoms. The van der Waals surface area contributed by atoms with Crippen LogP contribution in [0.4, 0.5) is 0 Å². The van der Waals surface area contributed by atoms with Gasteiger partial charge in [-0.1, -0.05) is 6.92 Å². The van der Waals surface area contributed by atoms with Crippen molar-refractivity contribution in [2.24, 2.45) is 0 Å². The maximum atomic E-state index is 12.7. The number of aliphatic hydroxyl groups excluding tert-OH is 1. The van der Waals surface area contributed by atoms with Crippen molar-refractivity contribution < 1.29 is 22.7 Å². The first-order chi connectivity index (χ1) is 9.98. The summed E-state index contributed by atoms with van der Waals surface area (Å²) >= 11 is 0. The van der Waals surface area contributed by atoms with Crippen LogP contribution in [0.25, 0.3) is 0 Å². The van der Waals surface area contributed by atoms with Crippen LogP contribution in [0, 0.1) is 6.92 Å². The van der Waals surface area contributed by atoms with Gasteiger partial charge in [0.15, 0.2) is 0 Å². The lowest BCUT2D eigenvalue weighted by Gasteiger charge is -2.31. The lowest BCUT2D eigenvalue weighted by molar-refractivity contribution is 0.0193. The van der Waals surface area contributed by atoms with Crippen LogP contribution in [-0.4, -0.2) is 43.6 Å². The quantitative estimate of drug-likeness (QED) is 0.863. The van der Waals surface area contributed by atoms with Gasteiger partial charge in [-0.25, -0.2) is 8.42 Å². The zero-order valence-electron chi connectivity index (χ0n) is 12.5. The van der Waals surface area contributed by atoms with Gasteiger partial charge in [0.05, 0.1) is 6.10 Å². The second-order valence-electron chi connectivity index (χ2n) is 5.29. The molecule has 0 saturated carbocycles. The maximum absolute atomic E-state index is 12.7. The molecule has 0 spiro atoms. The van der Waals surface area contributed by atoms with E-state index in [9.17, 15) is 8.42 Å². The molecule has 0 radical (unpaired) electrons. The monoisotopic (exact) mass is 317 g/mol. The first kappa shape index (κ1) is 16.5. The van der Waals surface area contributed by atoms with E-state index < -0.39 is 10.0 Å². The van der Waals surface area contributed by atoms with Gasteiger partial charge >= 0.3 is 0 Å². The zero-order valence-corrected chi connectivity index (χ0v) is 13.4. The number of nitrogens with zero attached hydrogens (tertiary/aromatic N) is 1. The Morgan fingerprint density at radius 2 is 2.29 bits per heavy atom. The molecule has 0 aliphatic carbocycles. The van der Waals surface area contributed by atoms with E-state index in [1.807, 2.05) is 6.92 Å². The van der Waals surface area contributed by atoms with Crippen molar-refractivity contribution in [3.05, 3.63) is 17.6 Å². The fraction of sp³-hybridized carbons (Fsp3) is 0.714. The van der Waals surface area contributed by atoms with Crippen molar-refractivity contribution >= 4 is 10.0 Å². The van der Waals surface area contributed by atoms with E-state index in [4.69, 9.17) is 14.3 Å². The summed E-state index contributed by atoms with van der Waals surface area (Å²) < 4.78 is 37.8. The SMILES string of the molecule is CCCOC1CCCN(S(=O)(=O)c2cc(CO)oc2C)C1. The summed E-state index contributed by atoms with van der Waals surface area (Å²) in [6, 6.07) is 1.40. The second-order valence-corrected chi connectivity index (χ2v) is 7.20. The summed E-state index contributed by atoms with van der Waals surface area (Å²) in [5.41, 5.74) is 0. The first-order valence-electron chi connectivity index (χ1n) is 7.31. The van der Waals surface area contributed by atoms with Crippen LogP contribution in [0.5, 0.6) is 0 Å². The Kier molecular flexibility index (Phi) is 5.43. The maximum Gasteiger partial charge on any atom is 0.246 e. The first-order valence-corrected chi connectivity index (χ1v) is 8.75. The average molecular weight is 317 g/mol. The zero-order chi connectivity index (χ0) is 15.5. The third-order valence-corrected chi connectivity index (χ3v) is 5.57. The summed E-state index contributed by atoms with van der Waals surface area (Å²) in [5, 5.41) is 9.07. The van der Waals surface area contributed by atoms with Gasteiger partial charge < -0.3 is 14.3 Å². The minimum absolute atomic E-state index is 0.0435. The van der Waals surface area contributed by atoms with Crippen molar-refractivity contribution in [1.82, 2.24) is 4.31 Å². The largest absolute Gasteiger partial charge is 0.462 e. The van der Waals surface area contributed by atoms with Crippen LogP contribution in [0.2, 0.25) is 0 Å². The van der Waals surface area contributed by atoms with E-state index in [-0.39, 0.29) is 23.4 Å². The Labute approximate surface area is 125 Å². The van der Waals surface area contributed by atoms with Gasteiger partial charge in [-0.15, -0.1) is 0 Å². The average Bonchev–Trinajstić information content (AvgIpc) is 2.87. The number of aryl methyl sites for hydroxylation is 1. The summed E-state index contributed by atoms with van der Waals surface area (Å²) in [7, 11) is -3.59. The third kappa shape index (κ3) is 3.66. The molecule has 1 aliphatic heterocycles. The van der Waals surface area contributed by atoms with E-state index >= 15 is 0 Å². The van der Waals surface area contributed by atoms with E-state index in [1.165, 1.54) is 10.4 Å². The van der Waals surface area contributed by atoms with Crippen LogP contribution in [-0.2, 0) is 21.4 Å². The highest BCUT2D eigenvalue weighted by Crippen LogP contribution is 2.26. The fourth-order valence-electron chi connectivity index (χ4n) is 2.54. The molecule has 1 unspecified atom stereocenters. The number of piperidine rings is 1. The van der Waals surface area contributed by atoms with E-state index in [0.717, 1.165) is 19.3 Å². The summed E-state index contributed by atoms with van der Waals surface area (Å²) in [6.07, 6.45) is 2.55. The summed E-state index contributed by atoms with van der Waals surface area (Å²) in [4.78, 5) is 0.141. The highest BCUT2D eigenvalue weighted by atomic mass is 32.2. The molecule has 2 rings (SSSR count). The predicted molar refractivity (Wildman–Crippen MR) is 77.4 cm³/mol. The summed E-state index contributed by atoms with van der Waals surface area (Å²) in [6.45, 7) is 4.84. The minimum Gasteiger partial charge on any atom is -0.462 e. The lowest BCUT2D eigenvalue weighted by Crippen LogP contribution is -2.43. The van der Waals surface area contributed by atoms with Gasteiger partial charge in [-0.3, -0.25) is 0 Å². The van der Waals surface area contributed by atoms with Gasteiger partial charge in [0.1, 0.15) is 23.0 Å². The van der Waals surface area contributed by atoms with Crippen LogP contribution in [0.15, 0.2) is 15.4 Å². The Morgan fingerprint density at radius 1 is 1.52 bits per heavy atom. The molecule has 1 saturated heterocycles. The number of hydrogen-bond acceptors (Lipinski definition) is 5. The van der Waals surface area contributed by atoms with Gasteiger partial charge in [-0.05, 0) is 26.2 Å². The number of aliphatic hydroxyl groups is 1. The Bertz CT molecular complexity index is 566. The highest BCUT2D eigenvalue weighted by Gasteiger charge is 2.33. The van der Waals surface area contributed by atoms with Crippen LogP contribution in [0.3, 0.4) is 0 Å². The Balaban J connectivity index is 2.16. The molecule has 1 aliphatic rings. The molecule has 2 heterocycles. The van der Waals surface area contributed by atoms with E-state index in [1.54, 1.807) is 6.92 Å². The molecular weight excluding hydrogens is 294 g/mol. The van der Waals surface area contributed by atoms with Crippen LogP contribution < -0.4 is 0 Å². The molecule has 0 bridgehead atoms. The molecule has 1 N–H and O–H groups in total. The molecular formula is C14H23NO5S. The number of furan rings is 1. The Morgan fingerprint density at radius 3 is 2.90 bits per heavy atom. The highest BCUT2D eigenvalue weighted by molar-refractivity contribution is 7.89. The predicted octanol–water partition coefficient (Wildman–Crippen LogP) is 1.66. The molecule has 0 amide bonds. The van der Waals surface area contributed by atoms with Crippen LogP contribution >= 0.6 is 0 Å². The third-order valence-electron chi connectivity index (χ3n) is 3.60. The standard InChI is InChI=1S/C14H23NO5S/c1-3-7-19-12-5-4-6-15(9-12)21(17,18)14-8-13(10-16)20-11(14)2/h8,12,16H,3-7,9-10H2,1-2H3. The molecule has 7 heteroatoms. The van der Waals surface area contributed by atoms with Crippen molar-refractivity contribution in [3.63, 3.8) is 0 Å². The molecule has 1 aromatic heterocycles. The number of rotatable bonds is 6. The van der Waals surface area contributed by atoms with E-state index in [0.29, 0.717) is 25.5 Å². The fourth-order valence-corrected chi connectivity index (χ4v) is 4.24. The van der Waals surface area contributed by atoms with Gasteiger partial charge in [0.25, 0.3) is 0 Å². The minimum atomic E-state index is -3.59. The van der Waals surface area contributed by atoms with Gasteiger partial charge in [-0.2, -0.15) is 4.31 Å². The van der Waals surface area contributed by atoms with E-state index in [2.05, 4.69) is 0 Å². The second kappa shape index (κ2) is 6.91. The Hall–Kier alpha value is -0.890. The topological polar surface area (TPSA) is 80.0 Å². The normalized spacial score (nSPS) is 20.8. The molecule has 6 nitrogen and oxygen atoms in total. The number of ether oxygens (including phenoxy) is 1. The number of sulfonamides is 1. The molecule has 1 fully saturated rings. The lowest BCUT2D eigenvalue weighted by atomic mass is 10.1. The van der Waals surface area contributed by atoms with Gasteiger partial charge in [0.2, 0.25) is 10.0 Å².